The highest BCUT2D eigenvalue weighted by Crippen LogP contribution is 2.14. The molecule has 3 rings (SSSR count). The van der Waals surface area contributed by atoms with Gasteiger partial charge in [-0.1, -0.05) is 30.3 Å². The fraction of sp³-hybridized carbons (Fsp3) is 0.143. The Labute approximate surface area is 161 Å². The van der Waals surface area contributed by atoms with E-state index in [2.05, 4.69) is 15.6 Å². The molecular formula is C21H19N3O4. The van der Waals surface area contributed by atoms with Crippen LogP contribution in [0, 0.1) is 0 Å². The molecule has 3 aromatic rings. The van der Waals surface area contributed by atoms with Crippen LogP contribution in [0.3, 0.4) is 0 Å². The van der Waals surface area contributed by atoms with Crippen molar-refractivity contribution in [3.8, 4) is 0 Å². The normalized spacial score (nSPS) is 11.6. The molecule has 2 amide bonds. The van der Waals surface area contributed by atoms with E-state index in [0.29, 0.717) is 11.4 Å². The molecule has 0 aliphatic heterocycles. The number of rotatable bonds is 6. The lowest BCUT2D eigenvalue weighted by atomic mass is 10.1. The van der Waals surface area contributed by atoms with Crippen molar-refractivity contribution in [3.63, 3.8) is 0 Å². The average Bonchev–Trinajstić information content (AvgIpc) is 2.67. The van der Waals surface area contributed by atoms with Gasteiger partial charge in [0.1, 0.15) is 6.04 Å². The Kier molecular flexibility index (Phi) is 5.64. The zero-order chi connectivity index (χ0) is 20.1. The number of benzene rings is 2. The van der Waals surface area contributed by atoms with E-state index >= 15 is 0 Å². The van der Waals surface area contributed by atoms with Gasteiger partial charge in [-0.3, -0.25) is 14.6 Å². The summed E-state index contributed by atoms with van der Waals surface area (Å²) >= 11 is 0. The van der Waals surface area contributed by atoms with Crippen molar-refractivity contribution in [1.29, 1.82) is 0 Å². The second kappa shape index (κ2) is 8.30. The number of aromatic nitrogens is 1. The molecule has 2 aromatic carbocycles. The van der Waals surface area contributed by atoms with Crippen LogP contribution < -0.4 is 10.6 Å². The first-order chi connectivity index (χ1) is 13.4. The van der Waals surface area contributed by atoms with E-state index in [0.717, 1.165) is 10.9 Å². The topological polar surface area (TPSA) is 108 Å². The minimum Gasteiger partial charge on any atom is -0.480 e. The maximum Gasteiger partial charge on any atom is 0.326 e. The van der Waals surface area contributed by atoms with Gasteiger partial charge in [0.25, 0.3) is 5.91 Å². The van der Waals surface area contributed by atoms with Crippen LogP contribution in [0.2, 0.25) is 0 Å². The Balaban J connectivity index is 1.76. The number of fused-ring (bicyclic) bond motifs is 1. The number of carbonyl (C=O) groups excluding carboxylic acids is 2. The first kappa shape index (κ1) is 19.0. The molecule has 28 heavy (non-hydrogen) atoms. The molecule has 0 bridgehead atoms. The minimum absolute atomic E-state index is 0.0529. The number of carboxylic acids is 1. The fourth-order valence-electron chi connectivity index (χ4n) is 2.81. The highest BCUT2D eigenvalue weighted by molar-refractivity contribution is 5.98. The van der Waals surface area contributed by atoms with Crippen LogP contribution >= 0.6 is 0 Å². The number of hydrogen-bond donors (Lipinski definition) is 3. The molecule has 3 N–H and O–H groups in total. The third-order valence-corrected chi connectivity index (χ3v) is 4.12. The maximum absolute atomic E-state index is 12.5. The number of para-hydroxylation sites is 1. The standard InChI is InChI=1S/C21H19N3O4/c1-13(25)22-16-7-4-6-15(11-16)20(26)24-19(21(27)28)12-17-10-9-14-5-2-3-8-18(14)23-17/h2-11,19H,12H2,1H3,(H,22,25)(H,24,26)(H,27,28)/t19-/m1/s1. The lowest BCUT2D eigenvalue weighted by Crippen LogP contribution is -2.42. The number of carboxylic acid groups (broad SMARTS) is 1. The smallest absolute Gasteiger partial charge is 0.326 e. The average molecular weight is 377 g/mol. The molecule has 0 radical (unpaired) electrons. The number of amides is 2. The number of aliphatic carboxylic acids is 1. The van der Waals surface area contributed by atoms with E-state index in [9.17, 15) is 19.5 Å². The van der Waals surface area contributed by atoms with Crippen molar-refractivity contribution in [1.82, 2.24) is 10.3 Å². The van der Waals surface area contributed by atoms with Crippen molar-refractivity contribution in [2.24, 2.45) is 0 Å². The monoisotopic (exact) mass is 377 g/mol. The molecule has 0 fully saturated rings. The minimum atomic E-state index is -1.15. The van der Waals surface area contributed by atoms with Gasteiger partial charge in [-0.15, -0.1) is 0 Å². The molecule has 142 valence electrons. The van der Waals surface area contributed by atoms with Gasteiger partial charge in [0.2, 0.25) is 5.91 Å². The maximum atomic E-state index is 12.5. The number of nitrogens with one attached hydrogen (secondary N) is 2. The number of pyridine rings is 1. The second-order valence-corrected chi connectivity index (χ2v) is 6.33. The summed E-state index contributed by atoms with van der Waals surface area (Å²) in [6.07, 6.45) is 0.0529. The summed E-state index contributed by atoms with van der Waals surface area (Å²) in [7, 11) is 0. The summed E-state index contributed by atoms with van der Waals surface area (Å²) in [6, 6.07) is 16.3. The van der Waals surface area contributed by atoms with E-state index in [1.54, 1.807) is 24.3 Å². The van der Waals surface area contributed by atoms with Crippen molar-refractivity contribution in [3.05, 3.63) is 71.9 Å². The summed E-state index contributed by atoms with van der Waals surface area (Å²) in [5, 5.41) is 15.6. The molecule has 1 heterocycles. The number of nitrogens with zero attached hydrogens (tertiary/aromatic N) is 1. The second-order valence-electron chi connectivity index (χ2n) is 6.33. The zero-order valence-corrected chi connectivity index (χ0v) is 15.2. The number of anilines is 1. The van der Waals surface area contributed by atoms with Crippen LogP contribution in [0.5, 0.6) is 0 Å². The third-order valence-electron chi connectivity index (χ3n) is 4.12. The van der Waals surface area contributed by atoms with Gasteiger partial charge in [0, 0.05) is 35.7 Å². The highest BCUT2D eigenvalue weighted by atomic mass is 16.4. The Hall–Kier alpha value is -3.74. The molecule has 0 aliphatic carbocycles. The molecule has 0 spiro atoms. The number of hydrogen-bond acceptors (Lipinski definition) is 4. The highest BCUT2D eigenvalue weighted by Gasteiger charge is 2.22. The van der Waals surface area contributed by atoms with Crippen LogP contribution in [0.1, 0.15) is 23.0 Å². The van der Waals surface area contributed by atoms with E-state index in [1.807, 2.05) is 30.3 Å². The predicted octanol–water partition coefficient (Wildman–Crippen LogP) is 2.62. The molecule has 0 saturated heterocycles. The lowest BCUT2D eigenvalue weighted by Gasteiger charge is -2.15. The summed E-state index contributed by atoms with van der Waals surface area (Å²) < 4.78 is 0. The van der Waals surface area contributed by atoms with Gasteiger partial charge in [-0.2, -0.15) is 0 Å². The van der Waals surface area contributed by atoms with E-state index in [-0.39, 0.29) is 17.9 Å². The first-order valence-corrected chi connectivity index (χ1v) is 8.68. The molecule has 0 saturated carbocycles. The lowest BCUT2D eigenvalue weighted by molar-refractivity contribution is -0.139. The third kappa shape index (κ3) is 4.70. The molecule has 0 aliphatic rings. The largest absolute Gasteiger partial charge is 0.480 e. The SMILES string of the molecule is CC(=O)Nc1cccc(C(=O)N[C@H](Cc2ccc3ccccc3n2)C(=O)O)c1. The van der Waals surface area contributed by atoms with Crippen molar-refractivity contribution in [2.75, 3.05) is 5.32 Å². The Morgan fingerprint density at radius 1 is 1.04 bits per heavy atom. The van der Waals surface area contributed by atoms with Crippen molar-refractivity contribution >= 4 is 34.4 Å². The van der Waals surface area contributed by atoms with Gasteiger partial charge in [0.15, 0.2) is 0 Å². The molecule has 7 heteroatoms. The Bertz CT molecular complexity index is 1050. The van der Waals surface area contributed by atoms with Gasteiger partial charge in [0.05, 0.1) is 5.52 Å². The quantitative estimate of drug-likeness (QED) is 0.612. The van der Waals surface area contributed by atoms with Crippen molar-refractivity contribution < 1.29 is 19.5 Å². The van der Waals surface area contributed by atoms with Crippen LogP contribution in [0.15, 0.2) is 60.7 Å². The van der Waals surface area contributed by atoms with E-state index in [1.165, 1.54) is 13.0 Å². The van der Waals surface area contributed by atoms with Crippen molar-refractivity contribution in [2.45, 2.75) is 19.4 Å². The summed E-state index contributed by atoms with van der Waals surface area (Å²) in [5.74, 6) is -1.95. The Morgan fingerprint density at radius 2 is 1.82 bits per heavy atom. The van der Waals surface area contributed by atoms with E-state index < -0.39 is 17.9 Å². The first-order valence-electron chi connectivity index (χ1n) is 8.68. The predicted molar refractivity (Wildman–Crippen MR) is 105 cm³/mol. The van der Waals surface area contributed by atoms with Gasteiger partial charge < -0.3 is 15.7 Å². The van der Waals surface area contributed by atoms with Gasteiger partial charge in [-0.05, 0) is 30.3 Å². The van der Waals surface area contributed by atoms with Gasteiger partial charge >= 0.3 is 5.97 Å². The molecular weight excluding hydrogens is 358 g/mol. The number of carbonyl (C=O) groups is 3. The summed E-state index contributed by atoms with van der Waals surface area (Å²) in [5.41, 5.74) is 2.05. The van der Waals surface area contributed by atoms with Crippen LogP contribution in [0.4, 0.5) is 5.69 Å². The molecule has 7 nitrogen and oxygen atoms in total. The summed E-state index contributed by atoms with van der Waals surface area (Å²) in [4.78, 5) is 39.8. The zero-order valence-electron chi connectivity index (χ0n) is 15.2. The van der Waals surface area contributed by atoms with Crippen LogP contribution in [-0.2, 0) is 16.0 Å². The molecule has 1 atom stereocenters. The molecule has 1 aromatic heterocycles. The Morgan fingerprint density at radius 3 is 2.57 bits per heavy atom. The summed E-state index contributed by atoms with van der Waals surface area (Å²) in [6.45, 7) is 1.36. The molecule has 0 unspecified atom stereocenters. The van der Waals surface area contributed by atoms with Crippen LogP contribution in [-0.4, -0.2) is 33.9 Å². The van der Waals surface area contributed by atoms with Gasteiger partial charge in [-0.25, -0.2) is 4.79 Å². The fourth-order valence-corrected chi connectivity index (χ4v) is 2.81. The van der Waals surface area contributed by atoms with Crippen LogP contribution in [0.25, 0.3) is 10.9 Å². The van der Waals surface area contributed by atoms with E-state index in [4.69, 9.17) is 0 Å².